The van der Waals surface area contributed by atoms with Crippen molar-refractivity contribution in [1.29, 1.82) is 0 Å². The minimum absolute atomic E-state index is 0.120. The summed E-state index contributed by atoms with van der Waals surface area (Å²) in [6, 6.07) is 16.1. The predicted octanol–water partition coefficient (Wildman–Crippen LogP) is 3.30. The van der Waals surface area contributed by atoms with Crippen LogP contribution in [0.15, 0.2) is 48.5 Å². The third kappa shape index (κ3) is 5.61. The van der Waals surface area contributed by atoms with Crippen LogP contribution in [0.4, 0.5) is 5.69 Å². The SMILES string of the molecule is CN(C)C(=O)CCc1ccc(OCCCc2ccccc2)c(N)c1. The molecule has 2 N–H and O–H groups in total. The Morgan fingerprint density at radius 1 is 1.04 bits per heavy atom. The number of nitrogens with two attached hydrogens (primary N) is 1. The maximum Gasteiger partial charge on any atom is 0.222 e. The molecule has 0 unspecified atom stereocenters. The first kappa shape index (κ1) is 17.9. The van der Waals surface area contributed by atoms with Crippen LogP contribution in [0, 0.1) is 0 Å². The molecule has 0 aliphatic rings. The number of benzene rings is 2. The van der Waals surface area contributed by atoms with E-state index >= 15 is 0 Å². The fourth-order valence-electron chi connectivity index (χ4n) is 2.46. The summed E-state index contributed by atoms with van der Waals surface area (Å²) in [5.74, 6) is 0.834. The zero-order valence-corrected chi connectivity index (χ0v) is 14.5. The lowest BCUT2D eigenvalue weighted by Crippen LogP contribution is -2.21. The number of ether oxygens (including phenoxy) is 1. The molecule has 4 heteroatoms. The smallest absolute Gasteiger partial charge is 0.222 e. The van der Waals surface area contributed by atoms with Crippen LogP contribution in [-0.2, 0) is 17.6 Å². The van der Waals surface area contributed by atoms with Crippen LogP contribution in [0.2, 0.25) is 0 Å². The second-order valence-electron chi connectivity index (χ2n) is 6.10. The van der Waals surface area contributed by atoms with Crippen LogP contribution in [-0.4, -0.2) is 31.5 Å². The molecular formula is C20H26N2O2. The molecule has 0 radical (unpaired) electrons. The van der Waals surface area contributed by atoms with Gasteiger partial charge in [0.2, 0.25) is 5.91 Å². The first-order valence-electron chi connectivity index (χ1n) is 8.31. The van der Waals surface area contributed by atoms with Crippen molar-refractivity contribution in [2.24, 2.45) is 0 Å². The molecule has 2 rings (SSSR count). The number of rotatable bonds is 8. The molecular weight excluding hydrogens is 300 g/mol. The van der Waals surface area contributed by atoms with Crippen molar-refractivity contribution >= 4 is 11.6 Å². The van der Waals surface area contributed by atoms with Gasteiger partial charge in [-0.15, -0.1) is 0 Å². The van der Waals surface area contributed by atoms with Crippen LogP contribution in [0.25, 0.3) is 0 Å². The summed E-state index contributed by atoms with van der Waals surface area (Å²) in [5.41, 5.74) is 9.06. The Morgan fingerprint density at radius 2 is 1.79 bits per heavy atom. The zero-order valence-electron chi connectivity index (χ0n) is 14.5. The van der Waals surface area contributed by atoms with E-state index in [4.69, 9.17) is 10.5 Å². The van der Waals surface area contributed by atoms with Crippen LogP contribution >= 0.6 is 0 Å². The molecule has 2 aromatic rings. The Bertz CT molecular complexity index is 654. The monoisotopic (exact) mass is 326 g/mol. The van der Waals surface area contributed by atoms with Crippen molar-refractivity contribution in [2.75, 3.05) is 26.4 Å². The van der Waals surface area contributed by atoms with Gasteiger partial charge >= 0.3 is 0 Å². The Balaban J connectivity index is 1.78. The number of amides is 1. The molecule has 0 saturated heterocycles. The number of hydrogen-bond acceptors (Lipinski definition) is 3. The van der Waals surface area contributed by atoms with E-state index in [0.717, 1.165) is 18.4 Å². The summed E-state index contributed by atoms with van der Waals surface area (Å²) in [4.78, 5) is 13.2. The maximum atomic E-state index is 11.6. The Kier molecular flexibility index (Phi) is 6.67. The third-order valence-corrected chi connectivity index (χ3v) is 3.91. The van der Waals surface area contributed by atoms with Crippen molar-refractivity contribution in [3.05, 3.63) is 59.7 Å². The van der Waals surface area contributed by atoms with Gasteiger partial charge in [0.15, 0.2) is 0 Å². The number of carbonyl (C=O) groups excluding carboxylic acids is 1. The third-order valence-electron chi connectivity index (χ3n) is 3.91. The fraction of sp³-hybridized carbons (Fsp3) is 0.350. The van der Waals surface area contributed by atoms with Gasteiger partial charge in [-0.25, -0.2) is 0 Å². The zero-order chi connectivity index (χ0) is 17.4. The first-order valence-corrected chi connectivity index (χ1v) is 8.31. The fourth-order valence-corrected chi connectivity index (χ4v) is 2.46. The number of hydrogen-bond donors (Lipinski definition) is 1. The molecule has 0 aliphatic heterocycles. The lowest BCUT2D eigenvalue weighted by molar-refractivity contribution is -0.128. The highest BCUT2D eigenvalue weighted by molar-refractivity contribution is 5.75. The molecule has 24 heavy (non-hydrogen) atoms. The average Bonchev–Trinajstić information content (AvgIpc) is 2.58. The van der Waals surface area contributed by atoms with E-state index in [1.807, 2.05) is 36.4 Å². The summed E-state index contributed by atoms with van der Waals surface area (Å²) < 4.78 is 5.78. The van der Waals surface area contributed by atoms with Crippen molar-refractivity contribution in [2.45, 2.75) is 25.7 Å². The molecule has 0 fully saturated rings. The quantitative estimate of drug-likeness (QED) is 0.598. The molecule has 0 bridgehead atoms. The summed E-state index contributed by atoms with van der Waals surface area (Å²) >= 11 is 0. The van der Waals surface area contributed by atoms with Crippen molar-refractivity contribution in [1.82, 2.24) is 4.90 Å². The lowest BCUT2D eigenvalue weighted by Gasteiger charge is -2.12. The van der Waals surface area contributed by atoms with E-state index in [-0.39, 0.29) is 5.91 Å². The highest BCUT2D eigenvalue weighted by Crippen LogP contribution is 2.23. The second kappa shape index (κ2) is 8.96. The Labute approximate surface area is 144 Å². The van der Waals surface area contributed by atoms with E-state index in [2.05, 4.69) is 12.1 Å². The number of anilines is 1. The molecule has 0 heterocycles. The molecule has 0 saturated carbocycles. The molecule has 0 atom stereocenters. The number of nitrogen functional groups attached to an aromatic ring is 1. The van der Waals surface area contributed by atoms with Crippen molar-refractivity contribution in [3.63, 3.8) is 0 Å². The van der Waals surface area contributed by atoms with E-state index in [1.165, 1.54) is 5.56 Å². The summed E-state index contributed by atoms with van der Waals surface area (Å²) in [7, 11) is 3.53. The summed E-state index contributed by atoms with van der Waals surface area (Å²) in [5, 5.41) is 0. The molecule has 4 nitrogen and oxygen atoms in total. The number of carbonyl (C=O) groups is 1. The van der Waals surface area contributed by atoms with Gasteiger partial charge < -0.3 is 15.4 Å². The number of aryl methyl sites for hydroxylation is 2. The highest BCUT2D eigenvalue weighted by Gasteiger charge is 2.07. The van der Waals surface area contributed by atoms with Gasteiger partial charge in [0.05, 0.1) is 12.3 Å². The van der Waals surface area contributed by atoms with Gasteiger partial charge in [0.25, 0.3) is 0 Å². The van der Waals surface area contributed by atoms with Gasteiger partial charge in [0, 0.05) is 20.5 Å². The Hall–Kier alpha value is -2.49. The standard InChI is InChI=1S/C20H26N2O2/c1-22(2)20(23)13-11-17-10-12-19(18(21)15-17)24-14-6-9-16-7-4-3-5-8-16/h3-5,7-8,10,12,15H,6,9,11,13-14,21H2,1-2H3. The molecule has 0 aromatic heterocycles. The first-order chi connectivity index (χ1) is 11.6. The van der Waals surface area contributed by atoms with Crippen LogP contribution in [0.3, 0.4) is 0 Å². The molecule has 128 valence electrons. The minimum atomic E-state index is 0.120. The van der Waals surface area contributed by atoms with Gasteiger partial charge in [-0.05, 0) is 42.5 Å². The topological polar surface area (TPSA) is 55.6 Å². The van der Waals surface area contributed by atoms with Crippen molar-refractivity contribution in [3.8, 4) is 5.75 Å². The lowest BCUT2D eigenvalue weighted by atomic mass is 10.1. The van der Waals surface area contributed by atoms with Crippen LogP contribution < -0.4 is 10.5 Å². The second-order valence-corrected chi connectivity index (χ2v) is 6.10. The van der Waals surface area contributed by atoms with Gasteiger partial charge in [0.1, 0.15) is 5.75 Å². The average molecular weight is 326 g/mol. The molecule has 2 aromatic carbocycles. The highest BCUT2D eigenvalue weighted by atomic mass is 16.5. The van der Waals surface area contributed by atoms with E-state index in [0.29, 0.717) is 30.9 Å². The summed E-state index contributed by atoms with van der Waals surface area (Å²) in [6.07, 6.45) is 3.12. The Morgan fingerprint density at radius 3 is 2.46 bits per heavy atom. The van der Waals surface area contributed by atoms with E-state index in [9.17, 15) is 4.79 Å². The molecule has 1 amide bonds. The summed E-state index contributed by atoms with van der Waals surface area (Å²) in [6.45, 7) is 0.636. The van der Waals surface area contributed by atoms with Crippen LogP contribution in [0.1, 0.15) is 24.0 Å². The largest absolute Gasteiger partial charge is 0.491 e. The van der Waals surface area contributed by atoms with Gasteiger partial charge in [-0.1, -0.05) is 36.4 Å². The van der Waals surface area contributed by atoms with Crippen LogP contribution in [0.5, 0.6) is 5.75 Å². The minimum Gasteiger partial charge on any atom is -0.491 e. The number of nitrogens with zero attached hydrogens (tertiary/aromatic N) is 1. The van der Waals surface area contributed by atoms with Gasteiger partial charge in [-0.3, -0.25) is 4.79 Å². The van der Waals surface area contributed by atoms with E-state index in [1.54, 1.807) is 19.0 Å². The van der Waals surface area contributed by atoms with Crippen molar-refractivity contribution < 1.29 is 9.53 Å². The normalized spacial score (nSPS) is 10.4. The van der Waals surface area contributed by atoms with Gasteiger partial charge in [-0.2, -0.15) is 0 Å². The molecule has 0 spiro atoms. The predicted molar refractivity (Wildman–Crippen MR) is 98.1 cm³/mol. The molecule has 0 aliphatic carbocycles. The van der Waals surface area contributed by atoms with E-state index < -0.39 is 0 Å². The maximum absolute atomic E-state index is 11.6.